The molecule has 25 heavy (non-hydrogen) atoms. The SMILES string of the molecule is CC(NC(=O)NCc1cc(N(C)C)ccn1)c1ccc2ncsc2c1. The minimum absolute atomic E-state index is 0.0902. The van der Waals surface area contributed by atoms with Crippen LogP contribution < -0.4 is 15.5 Å². The minimum Gasteiger partial charge on any atom is -0.378 e. The molecular weight excluding hydrogens is 334 g/mol. The Morgan fingerprint density at radius 2 is 2.08 bits per heavy atom. The van der Waals surface area contributed by atoms with Crippen LogP contribution >= 0.6 is 11.3 Å². The lowest BCUT2D eigenvalue weighted by Crippen LogP contribution is -2.36. The van der Waals surface area contributed by atoms with Crippen molar-refractivity contribution in [3.63, 3.8) is 0 Å². The Hall–Kier alpha value is -2.67. The van der Waals surface area contributed by atoms with Gasteiger partial charge >= 0.3 is 6.03 Å². The third-order valence-corrected chi connectivity index (χ3v) is 4.74. The molecule has 1 atom stereocenters. The molecule has 0 aliphatic carbocycles. The molecule has 0 aliphatic rings. The maximum absolute atomic E-state index is 12.2. The molecule has 1 unspecified atom stereocenters. The highest BCUT2D eigenvalue weighted by molar-refractivity contribution is 7.16. The van der Waals surface area contributed by atoms with E-state index in [1.165, 1.54) is 0 Å². The molecule has 1 aromatic carbocycles. The summed E-state index contributed by atoms with van der Waals surface area (Å²) in [5.41, 5.74) is 5.74. The van der Waals surface area contributed by atoms with Gasteiger partial charge in [-0.1, -0.05) is 6.07 Å². The maximum Gasteiger partial charge on any atom is 0.315 e. The van der Waals surface area contributed by atoms with Gasteiger partial charge in [0.15, 0.2) is 0 Å². The third kappa shape index (κ3) is 4.24. The van der Waals surface area contributed by atoms with E-state index in [1.54, 1.807) is 17.5 Å². The highest BCUT2D eigenvalue weighted by atomic mass is 32.1. The van der Waals surface area contributed by atoms with Gasteiger partial charge in [0.05, 0.1) is 34.0 Å². The summed E-state index contributed by atoms with van der Waals surface area (Å²) in [4.78, 5) is 22.7. The number of carbonyl (C=O) groups excluding carboxylic acids is 1. The number of carbonyl (C=O) groups is 1. The molecule has 3 rings (SSSR count). The number of hydrogen-bond donors (Lipinski definition) is 2. The molecule has 7 heteroatoms. The predicted octanol–water partition coefficient (Wildman–Crippen LogP) is 3.32. The number of fused-ring (bicyclic) bond motifs is 1. The molecule has 0 saturated carbocycles. The Balaban J connectivity index is 1.57. The van der Waals surface area contributed by atoms with Crippen LogP contribution in [0.3, 0.4) is 0 Å². The van der Waals surface area contributed by atoms with Gasteiger partial charge in [0.1, 0.15) is 0 Å². The van der Waals surface area contributed by atoms with Gasteiger partial charge in [-0.15, -0.1) is 11.3 Å². The summed E-state index contributed by atoms with van der Waals surface area (Å²) < 4.78 is 1.12. The number of aromatic nitrogens is 2. The lowest BCUT2D eigenvalue weighted by Gasteiger charge is -2.16. The molecule has 0 fully saturated rings. The number of pyridine rings is 1. The molecule has 2 aromatic heterocycles. The van der Waals surface area contributed by atoms with Crippen LogP contribution in [0.25, 0.3) is 10.2 Å². The van der Waals surface area contributed by atoms with Crippen LogP contribution in [0, 0.1) is 0 Å². The zero-order chi connectivity index (χ0) is 17.8. The van der Waals surface area contributed by atoms with Crippen molar-refractivity contribution in [2.75, 3.05) is 19.0 Å². The van der Waals surface area contributed by atoms with E-state index in [0.29, 0.717) is 6.54 Å². The topological polar surface area (TPSA) is 70.2 Å². The smallest absolute Gasteiger partial charge is 0.315 e. The molecule has 0 aliphatic heterocycles. The van der Waals surface area contributed by atoms with Crippen molar-refractivity contribution in [3.8, 4) is 0 Å². The van der Waals surface area contributed by atoms with E-state index in [4.69, 9.17) is 0 Å². The Morgan fingerprint density at radius 1 is 1.24 bits per heavy atom. The van der Waals surface area contributed by atoms with E-state index in [9.17, 15) is 4.79 Å². The van der Waals surface area contributed by atoms with Gasteiger partial charge < -0.3 is 15.5 Å². The fourth-order valence-electron chi connectivity index (χ4n) is 2.48. The van der Waals surface area contributed by atoms with Crippen LogP contribution in [0.4, 0.5) is 10.5 Å². The van der Waals surface area contributed by atoms with Gasteiger partial charge in [0.2, 0.25) is 0 Å². The Labute approximate surface area is 150 Å². The van der Waals surface area contributed by atoms with Gasteiger partial charge in [-0.2, -0.15) is 0 Å². The molecule has 130 valence electrons. The molecule has 2 amide bonds. The standard InChI is InChI=1S/C18H21N5OS/c1-12(13-4-5-16-17(8-13)25-11-21-16)22-18(24)20-10-14-9-15(23(2)3)6-7-19-14/h4-9,11-12H,10H2,1-3H3,(H2,20,22,24). The fourth-order valence-corrected chi connectivity index (χ4v) is 3.21. The molecule has 0 bridgehead atoms. The number of anilines is 1. The monoisotopic (exact) mass is 355 g/mol. The fraction of sp³-hybridized carbons (Fsp3) is 0.278. The average Bonchev–Trinajstić information content (AvgIpc) is 3.07. The first-order valence-electron chi connectivity index (χ1n) is 8.02. The van der Waals surface area contributed by atoms with Gasteiger partial charge in [-0.05, 0) is 36.8 Å². The molecule has 0 saturated heterocycles. The number of hydrogen-bond acceptors (Lipinski definition) is 5. The van der Waals surface area contributed by atoms with Gasteiger partial charge in [0.25, 0.3) is 0 Å². The molecule has 0 radical (unpaired) electrons. The van der Waals surface area contributed by atoms with E-state index in [0.717, 1.165) is 27.2 Å². The van der Waals surface area contributed by atoms with Crippen LogP contribution in [-0.2, 0) is 6.54 Å². The summed E-state index contributed by atoms with van der Waals surface area (Å²) in [5, 5.41) is 5.81. The van der Waals surface area contributed by atoms with Crippen LogP contribution in [-0.4, -0.2) is 30.1 Å². The van der Waals surface area contributed by atoms with Crippen molar-refractivity contribution in [2.24, 2.45) is 0 Å². The zero-order valence-electron chi connectivity index (χ0n) is 14.5. The van der Waals surface area contributed by atoms with Crippen molar-refractivity contribution < 1.29 is 4.79 Å². The number of amides is 2. The molecule has 2 N–H and O–H groups in total. The number of benzene rings is 1. The van der Waals surface area contributed by atoms with Gasteiger partial charge in [-0.25, -0.2) is 9.78 Å². The molecule has 2 heterocycles. The first-order chi connectivity index (χ1) is 12.0. The van der Waals surface area contributed by atoms with Gasteiger partial charge in [-0.3, -0.25) is 4.98 Å². The molecular formula is C18H21N5OS. The number of rotatable bonds is 5. The summed E-state index contributed by atoms with van der Waals surface area (Å²) in [6.45, 7) is 2.35. The van der Waals surface area contributed by atoms with Crippen molar-refractivity contribution >= 4 is 33.3 Å². The lowest BCUT2D eigenvalue weighted by atomic mass is 10.1. The first kappa shape index (κ1) is 17.2. The Bertz CT molecular complexity index is 877. The van der Waals surface area contributed by atoms with Crippen LogP contribution in [0.2, 0.25) is 0 Å². The van der Waals surface area contributed by atoms with Crippen LogP contribution in [0.5, 0.6) is 0 Å². The average molecular weight is 355 g/mol. The summed E-state index contributed by atoms with van der Waals surface area (Å²) in [7, 11) is 3.95. The highest BCUT2D eigenvalue weighted by Crippen LogP contribution is 2.22. The lowest BCUT2D eigenvalue weighted by molar-refractivity contribution is 0.237. The number of thiazole rings is 1. The van der Waals surface area contributed by atoms with Crippen molar-refractivity contribution in [2.45, 2.75) is 19.5 Å². The molecule has 6 nitrogen and oxygen atoms in total. The summed E-state index contributed by atoms with van der Waals surface area (Å²) in [5.74, 6) is 0. The van der Waals surface area contributed by atoms with E-state index in [1.807, 2.05) is 55.7 Å². The Morgan fingerprint density at radius 3 is 2.88 bits per heavy atom. The predicted molar refractivity (Wildman–Crippen MR) is 102 cm³/mol. The van der Waals surface area contributed by atoms with Crippen LogP contribution in [0.15, 0.2) is 42.0 Å². The summed E-state index contributed by atoms with van der Waals surface area (Å²) in [6, 6.07) is 9.63. The van der Waals surface area contributed by atoms with Crippen molar-refractivity contribution in [3.05, 3.63) is 53.3 Å². The van der Waals surface area contributed by atoms with Crippen molar-refractivity contribution in [1.29, 1.82) is 0 Å². The first-order valence-corrected chi connectivity index (χ1v) is 8.90. The van der Waals surface area contributed by atoms with E-state index < -0.39 is 0 Å². The summed E-state index contributed by atoms with van der Waals surface area (Å²) >= 11 is 1.60. The zero-order valence-corrected chi connectivity index (χ0v) is 15.3. The van der Waals surface area contributed by atoms with Crippen molar-refractivity contribution in [1.82, 2.24) is 20.6 Å². The van der Waals surface area contributed by atoms with E-state index in [2.05, 4.69) is 26.7 Å². The van der Waals surface area contributed by atoms with E-state index >= 15 is 0 Å². The second-order valence-corrected chi connectivity index (χ2v) is 6.91. The number of nitrogens with one attached hydrogen (secondary N) is 2. The maximum atomic E-state index is 12.2. The largest absolute Gasteiger partial charge is 0.378 e. The highest BCUT2D eigenvalue weighted by Gasteiger charge is 2.11. The van der Waals surface area contributed by atoms with Gasteiger partial charge in [0, 0.05) is 26.0 Å². The minimum atomic E-state index is -0.214. The van der Waals surface area contributed by atoms with E-state index in [-0.39, 0.29) is 12.1 Å². The second-order valence-electron chi connectivity index (χ2n) is 6.03. The van der Waals surface area contributed by atoms with Crippen LogP contribution in [0.1, 0.15) is 24.2 Å². The number of nitrogens with zero attached hydrogens (tertiary/aromatic N) is 3. The Kier molecular flexibility index (Phi) is 5.14. The third-order valence-electron chi connectivity index (χ3n) is 3.95. The molecule has 3 aromatic rings. The molecule has 0 spiro atoms. The normalized spacial score (nSPS) is 12.0. The second kappa shape index (κ2) is 7.48. The quantitative estimate of drug-likeness (QED) is 0.737. The number of urea groups is 1. The summed E-state index contributed by atoms with van der Waals surface area (Å²) in [6.07, 6.45) is 1.75.